The van der Waals surface area contributed by atoms with Crippen LogP contribution in [0.2, 0.25) is 0 Å². The molecular weight excluding hydrogens is 278 g/mol. The predicted molar refractivity (Wildman–Crippen MR) is 75.8 cm³/mol. The van der Waals surface area contributed by atoms with Crippen LogP contribution in [0.3, 0.4) is 0 Å². The molecule has 0 aromatic carbocycles. The molecule has 0 saturated carbocycles. The van der Waals surface area contributed by atoms with Crippen molar-refractivity contribution >= 4 is 21.7 Å². The number of alkyl halides is 1. The first kappa shape index (κ1) is 12.9. The second kappa shape index (κ2) is 4.63. The van der Waals surface area contributed by atoms with E-state index in [1.807, 2.05) is 4.68 Å². The third kappa shape index (κ3) is 2.51. The Bertz CT molecular complexity index is 409. The summed E-state index contributed by atoms with van der Waals surface area (Å²) in [5.74, 6) is 1.30. The maximum Gasteiger partial charge on any atom is 0.130 e. The van der Waals surface area contributed by atoms with E-state index in [1.165, 1.54) is 24.2 Å². The summed E-state index contributed by atoms with van der Waals surface area (Å²) in [6, 6.07) is 0. The number of halogens is 1. The van der Waals surface area contributed by atoms with E-state index in [1.54, 1.807) is 0 Å². The number of rotatable bonds is 2. The normalized spacial score (nSPS) is 19.7. The molecule has 0 aliphatic carbocycles. The van der Waals surface area contributed by atoms with Crippen molar-refractivity contribution in [1.82, 2.24) is 9.78 Å². The van der Waals surface area contributed by atoms with Crippen molar-refractivity contribution < 1.29 is 0 Å². The molecule has 0 amide bonds. The van der Waals surface area contributed by atoms with E-state index < -0.39 is 0 Å². The van der Waals surface area contributed by atoms with E-state index >= 15 is 0 Å². The summed E-state index contributed by atoms with van der Waals surface area (Å²) in [5.41, 5.74) is 2.90. The van der Waals surface area contributed by atoms with Crippen LogP contribution in [-0.2, 0) is 12.4 Å². The van der Waals surface area contributed by atoms with Crippen molar-refractivity contribution in [2.24, 2.45) is 12.5 Å². The average molecular weight is 300 g/mol. The Morgan fingerprint density at radius 2 is 2.12 bits per heavy atom. The molecule has 1 aliphatic rings. The lowest BCUT2D eigenvalue weighted by molar-refractivity contribution is 0.290. The quantitative estimate of drug-likeness (QED) is 0.782. The van der Waals surface area contributed by atoms with Gasteiger partial charge in [-0.1, -0.05) is 29.8 Å². The maximum absolute atomic E-state index is 4.55. The molecule has 96 valence electrons. The average Bonchev–Trinajstić information content (AvgIpc) is 2.51. The Hall–Kier alpha value is -0.510. The van der Waals surface area contributed by atoms with Crippen LogP contribution in [0.15, 0.2) is 0 Å². The molecule has 2 rings (SSSR count). The lowest BCUT2D eigenvalue weighted by Gasteiger charge is -2.39. The first-order valence-corrected chi connectivity index (χ1v) is 7.40. The topological polar surface area (TPSA) is 21.1 Å². The van der Waals surface area contributed by atoms with Gasteiger partial charge in [0.05, 0.1) is 5.69 Å². The van der Waals surface area contributed by atoms with E-state index in [0.29, 0.717) is 5.41 Å². The number of hydrogen-bond donors (Lipinski definition) is 0. The van der Waals surface area contributed by atoms with Crippen LogP contribution in [0.5, 0.6) is 0 Å². The Labute approximate surface area is 112 Å². The Balaban J connectivity index is 2.33. The molecule has 17 heavy (non-hydrogen) atoms. The fourth-order valence-electron chi connectivity index (χ4n) is 2.85. The lowest BCUT2D eigenvalue weighted by atomic mass is 9.84. The zero-order valence-electron chi connectivity index (χ0n) is 11.3. The van der Waals surface area contributed by atoms with Gasteiger partial charge in [-0.05, 0) is 25.2 Å². The summed E-state index contributed by atoms with van der Waals surface area (Å²) in [6.07, 6.45) is 2.60. The monoisotopic (exact) mass is 299 g/mol. The van der Waals surface area contributed by atoms with Gasteiger partial charge in [-0.25, -0.2) is 0 Å². The minimum atomic E-state index is 0.417. The van der Waals surface area contributed by atoms with E-state index in [-0.39, 0.29) is 0 Å². The van der Waals surface area contributed by atoms with E-state index in [4.69, 9.17) is 0 Å². The van der Waals surface area contributed by atoms with E-state index in [9.17, 15) is 0 Å². The van der Waals surface area contributed by atoms with Gasteiger partial charge in [-0.15, -0.1) is 0 Å². The van der Waals surface area contributed by atoms with Crippen LogP contribution in [0.1, 0.15) is 37.9 Å². The fourth-order valence-corrected chi connectivity index (χ4v) is 3.50. The second-order valence-electron chi connectivity index (χ2n) is 5.83. The van der Waals surface area contributed by atoms with Crippen LogP contribution in [-0.4, -0.2) is 22.9 Å². The smallest absolute Gasteiger partial charge is 0.130 e. The Morgan fingerprint density at radius 1 is 1.41 bits per heavy atom. The molecule has 3 nitrogen and oxygen atoms in total. The number of aromatic nitrogens is 2. The van der Waals surface area contributed by atoms with Crippen molar-refractivity contribution in [3.05, 3.63) is 11.3 Å². The van der Waals surface area contributed by atoms with Crippen molar-refractivity contribution in [1.29, 1.82) is 0 Å². The molecule has 2 heterocycles. The zero-order valence-corrected chi connectivity index (χ0v) is 12.8. The predicted octanol–water partition coefficient (Wildman–Crippen LogP) is 3.25. The third-order valence-corrected chi connectivity index (χ3v) is 4.21. The minimum absolute atomic E-state index is 0.417. The summed E-state index contributed by atoms with van der Waals surface area (Å²) in [4.78, 5) is 2.50. The highest BCUT2D eigenvalue weighted by Gasteiger charge is 2.29. The molecule has 1 saturated heterocycles. The number of hydrogen-bond acceptors (Lipinski definition) is 2. The molecule has 1 aromatic rings. The molecule has 0 N–H and O–H groups in total. The number of anilines is 1. The summed E-state index contributed by atoms with van der Waals surface area (Å²) in [7, 11) is 2.05. The molecule has 0 radical (unpaired) electrons. The lowest BCUT2D eigenvalue weighted by Crippen LogP contribution is -2.41. The first-order chi connectivity index (χ1) is 7.94. The van der Waals surface area contributed by atoms with Crippen molar-refractivity contribution in [3.63, 3.8) is 0 Å². The van der Waals surface area contributed by atoms with E-state index in [2.05, 4.69) is 53.7 Å². The van der Waals surface area contributed by atoms with Crippen molar-refractivity contribution in [2.75, 3.05) is 18.0 Å². The van der Waals surface area contributed by atoms with Crippen LogP contribution in [0.25, 0.3) is 0 Å². The molecule has 1 aromatic heterocycles. The Kier molecular flexibility index (Phi) is 3.53. The number of aryl methyl sites for hydroxylation is 2. The van der Waals surface area contributed by atoms with Gasteiger partial charge < -0.3 is 4.90 Å². The van der Waals surface area contributed by atoms with Gasteiger partial charge in [-0.2, -0.15) is 5.10 Å². The molecule has 4 heteroatoms. The zero-order chi connectivity index (χ0) is 12.6. The van der Waals surface area contributed by atoms with Gasteiger partial charge in [0.2, 0.25) is 0 Å². The van der Waals surface area contributed by atoms with Crippen LogP contribution in [0, 0.1) is 12.3 Å². The highest BCUT2D eigenvalue weighted by molar-refractivity contribution is 9.08. The summed E-state index contributed by atoms with van der Waals surface area (Å²) in [5, 5.41) is 5.44. The molecule has 1 fully saturated rings. The molecule has 0 atom stereocenters. The van der Waals surface area contributed by atoms with E-state index in [0.717, 1.165) is 24.1 Å². The van der Waals surface area contributed by atoms with Gasteiger partial charge >= 0.3 is 0 Å². The van der Waals surface area contributed by atoms with Crippen molar-refractivity contribution in [2.45, 2.75) is 38.9 Å². The molecule has 0 unspecified atom stereocenters. The maximum atomic E-state index is 4.55. The van der Waals surface area contributed by atoms with Gasteiger partial charge in [0.25, 0.3) is 0 Å². The molecule has 0 spiro atoms. The molecule has 1 aliphatic heterocycles. The van der Waals surface area contributed by atoms with Crippen LogP contribution >= 0.6 is 15.9 Å². The largest absolute Gasteiger partial charge is 0.356 e. The summed E-state index contributed by atoms with van der Waals surface area (Å²) < 4.78 is 2.04. The van der Waals surface area contributed by atoms with Gasteiger partial charge in [0.1, 0.15) is 5.82 Å². The first-order valence-electron chi connectivity index (χ1n) is 6.28. The minimum Gasteiger partial charge on any atom is -0.356 e. The van der Waals surface area contributed by atoms with Gasteiger partial charge in [-0.3, -0.25) is 4.68 Å². The molecular formula is C13H22BrN3. The third-order valence-electron chi connectivity index (χ3n) is 3.65. The van der Waals surface area contributed by atoms with Gasteiger partial charge in [0.15, 0.2) is 0 Å². The highest BCUT2D eigenvalue weighted by Crippen LogP contribution is 2.34. The van der Waals surface area contributed by atoms with Crippen LogP contribution in [0.4, 0.5) is 5.82 Å². The standard InChI is InChI=1S/C13H22BrN3/c1-10-11(8-14)12(16(4)15-10)17-7-5-6-13(2,3)9-17/h5-9H2,1-4H3. The summed E-state index contributed by atoms with van der Waals surface area (Å²) in [6.45, 7) is 9.09. The number of piperidine rings is 1. The van der Waals surface area contributed by atoms with Crippen molar-refractivity contribution in [3.8, 4) is 0 Å². The van der Waals surface area contributed by atoms with Gasteiger partial charge in [0, 0.05) is 31.0 Å². The second-order valence-corrected chi connectivity index (χ2v) is 6.39. The van der Waals surface area contributed by atoms with Crippen LogP contribution < -0.4 is 4.90 Å². The molecule has 0 bridgehead atoms. The fraction of sp³-hybridized carbons (Fsp3) is 0.769. The Morgan fingerprint density at radius 3 is 2.71 bits per heavy atom. The number of nitrogens with zero attached hydrogens (tertiary/aromatic N) is 3. The highest BCUT2D eigenvalue weighted by atomic mass is 79.9. The SMILES string of the molecule is Cc1nn(C)c(N2CCCC(C)(C)C2)c1CBr. The summed E-state index contributed by atoms with van der Waals surface area (Å²) >= 11 is 3.59.